The summed E-state index contributed by atoms with van der Waals surface area (Å²) in [7, 11) is 0. The minimum atomic E-state index is -1.39. The summed E-state index contributed by atoms with van der Waals surface area (Å²) in [6.07, 6.45) is -0.0920. The SMILES string of the molecule is CC1(C(N)=O)CCN(C(=O)NC(CC(N)=O)C(=O)O)C1. The van der Waals surface area contributed by atoms with E-state index in [1.165, 1.54) is 4.90 Å². The lowest BCUT2D eigenvalue weighted by molar-refractivity contribution is -0.141. The molecule has 4 amide bonds. The lowest BCUT2D eigenvalue weighted by Crippen LogP contribution is -2.49. The van der Waals surface area contributed by atoms with E-state index in [4.69, 9.17) is 16.6 Å². The predicted octanol–water partition coefficient (Wildman–Crippen LogP) is -1.78. The minimum Gasteiger partial charge on any atom is -0.480 e. The second-order valence-electron chi connectivity index (χ2n) is 5.11. The van der Waals surface area contributed by atoms with E-state index in [2.05, 4.69) is 5.32 Å². The normalized spacial score (nSPS) is 23.1. The molecule has 2 unspecified atom stereocenters. The van der Waals surface area contributed by atoms with Crippen LogP contribution in [0.1, 0.15) is 19.8 Å². The number of carboxylic acid groups (broad SMARTS) is 1. The Morgan fingerprint density at radius 1 is 1.35 bits per heavy atom. The molecular formula is C11H18N4O5. The fourth-order valence-electron chi connectivity index (χ4n) is 1.98. The molecule has 0 bridgehead atoms. The third-order valence-electron chi connectivity index (χ3n) is 3.36. The minimum absolute atomic E-state index is 0.108. The molecule has 0 aliphatic carbocycles. The summed E-state index contributed by atoms with van der Waals surface area (Å²) >= 11 is 0. The summed E-state index contributed by atoms with van der Waals surface area (Å²) in [6.45, 7) is 2.03. The van der Waals surface area contributed by atoms with Crippen LogP contribution < -0.4 is 16.8 Å². The molecule has 2 atom stereocenters. The van der Waals surface area contributed by atoms with E-state index in [0.29, 0.717) is 6.42 Å². The summed E-state index contributed by atoms with van der Waals surface area (Å²) < 4.78 is 0. The van der Waals surface area contributed by atoms with Crippen LogP contribution in [0.5, 0.6) is 0 Å². The number of hydrogen-bond acceptors (Lipinski definition) is 4. The van der Waals surface area contributed by atoms with Crippen LogP contribution in [0.4, 0.5) is 4.79 Å². The summed E-state index contributed by atoms with van der Waals surface area (Å²) in [5.41, 5.74) is 9.35. The zero-order valence-electron chi connectivity index (χ0n) is 11.1. The maximum absolute atomic E-state index is 11.9. The van der Waals surface area contributed by atoms with E-state index in [1.807, 2.05) is 0 Å². The molecule has 1 fully saturated rings. The summed E-state index contributed by atoms with van der Waals surface area (Å²) in [4.78, 5) is 46.1. The standard InChI is InChI=1S/C11H18N4O5/c1-11(9(13)19)2-3-15(5-11)10(20)14-6(8(17)18)4-7(12)16/h6H,2-5H2,1H3,(H2,12,16)(H2,13,19)(H,14,20)(H,17,18). The Hall–Kier alpha value is -2.32. The molecular weight excluding hydrogens is 268 g/mol. The average Bonchev–Trinajstić information content (AvgIpc) is 2.71. The monoisotopic (exact) mass is 286 g/mol. The van der Waals surface area contributed by atoms with Crippen LogP contribution in [0.15, 0.2) is 0 Å². The van der Waals surface area contributed by atoms with E-state index >= 15 is 0 Å². The molecule has 1 aliphatic heterocycles. The number of nitrogens with two attached hydrogens (primary N) is 2. The summed E-state index contributed by atoms with van der Waals surface area (Å²) in [5.74, 6) is -2.70. The number of likely N-dealkylation sites (tertiary alicyclic amines) is 1. The highest BCUT2D eigenvalue weighted by atomic mass is 16.4. The van der Waals surface area contributed by atoms with Crippen LogP contribution in [0, 0.1) is 5.41 Å². The van der Waals surface area contributed by atoms with Gasteiger partial charge in [0.2, 0.25) is 11.8 Å². The van der Waals surface area contributed by atoms with Crippen molar-refractivity contribution in [2.45, 2.75) is 25.8 Å². The van der Waals surface area contributed by atoms with Crippen molar-refractivity contribution < 1.29 is 24.3 Å². The molecule has 112 valence electrons. The zero-order chi connectivity index (χ0) is 15.5. The molecule has 1 heterocycles. The van der Waals surface area contributed by atoms with Crippen molar-refractivity contribution in [3.8, 4) is 0 Å². The highest BCUT2D eigenvalue weighted by Crippen LogP contribution is 2.29. The maximum Gasteiger partial charge on any atom is 0.326 e. The summed E-state index contributed by atoms with van der Waals surface area (Å²) in [5, 5.41) is 11.1. The molecule has 20 heavy (non-hydrogen) atoms. The van der Waals surface area contributed by atoms with Gasteiger partial charge in [0.1, 0.15) is 6.04 Å². The Labute approximate surface area is 115 Å². The quantitative estimate of drug-likeness (QED) is 0.470. The van der Waals surface area contributed by atoms with Gasteiger partial charge in [-0.1, -0.05) is 0 Å². The van der Waals surface area contributed by atoms with Crippen LogP contribution in [-0.2, 0) is 14.4 Å². The van der Waals surface area contributed by atoms with Gasteiger partial charge in [-0.15, -0.1) is 0 Å². The van der Waals surface area contributed by atoms with Gasteiger partial charge in [0.05, 0.1) is 11.8 Å². The van der Waals surface area contributed by atoms with Crippen LogP contribution in [0.3, 0.4) is 0 Å². The van der Waals surface area contributed by atoms with Crippen molar-refractivity contribution in [3.63, 3.8) is 0 Å². The van der Waals surface area contributed by atoms with E-state index in [1.54, 1.807) is 6.92 Å². The van der Waals surface area contributed by atoms with E-state index < -0.39 is 41.7 Å². The topological polar surface area (TPSA) is 156 Å². The second kappa shape index (κ2) is 5.76. The Morgan fingerprint density at radius 2 is 1.95 bits per heavy atom. The van der Waals surface area contributed by atoms with Crippen molar-refractivity contribution in [2.24, 2.45) is 16.9 Å². The molecule has 6 N–H and O–H groups in total. The van der Waals surface area contributed by atoms with E-state index in [9.17, 15) is 19.2 Å². The lowest BCUT2D eigenvalue weighted by Gasteiger charge is -2.23. The fraction of sp³-hybridized carbons (Fsp3) is 0.636. The first-order valence-electron chi connectivity index (χ1n) is 6.02. The molecule has 0 aromatic rings. The first-order chi connectivity index (χ1) is 9.15. The number of carboxylic acids is 1. The molecule has 9 heteroatoms. The molecule has 0 spiro atoms. The number of nitrogens with zero attached hydrogens (tertiary/aromatic N) is 1. The maximum atomic E-state index is 11.9. The number of urea groups is 1. The van der Waals surface area contributed by atoms with Gasteiger partial charge in [0.25, 0.3) is 0 Å². The third-order valence-corrected chi connectivity index (χ3v) is 3.36. The van der Waals surface area contributed by atoms with Crippen LogP contribution >= 0.6 is 0 Å². The molecule has 0 radical (unpaired) electrons. The van der Waals surface area contributed by atoms with E-state index in [-0.39, 0.29) is 13.1 Å². The van der Waals surface area contributed by atoms with Crippen LogP contribution in [0.2, 0.25) is 0 Å². The molecule has 1 rings (SSSR count). The molecule has 0 aromatic carbocycles. The van der Waals surface area contributed by atoms with Gasteiger partial charge < -0.3 is 26.8 Å². The van der Waals surface area contributed by atoms with E-state index in [0.717, 1.165) is 0 Å². The van der Waals surface area contributed by atoms with Gasteiger partial charge in [-0.25, -0.2) is 9.59 Å². The number of aliphatic carboxylic acids is 1. The Morgan fingerprint density at radius 3 is 2.35 bits per heavy atom. The zero-order valence-corrected chi connectivity index (χ0v) is 11.1. The third kappa shape index (κ3) is 3.59. The summed E-state index contributed by atoms with van der Waals surface area (Å²) in [6, 6.07) is -2.05. The second-order valence-corrected chi connectivity index (χ2v) is 5.11. The number of carbonyl (C=O) groups is 4. The largest absolute Gasteiger partial charge is 0.480 e. The molecule has 1 aliphatic rings. The smallest absolute Gasteiger partial charge is 0.326 e. The Balaban J connectivity index is 2.65. The first kappa shape index (κ1) is 15.7. The van der Waals surface area contributed by atoms with Crippen molar-refractivity contribution >= 4 is 23.8 Å². The number of rotatable bonds is 5. The van der Waals surface area contributed by atoms with Crippen molar-refractivity contribution in [3.05, 3.63) is 0 Å². The van der Waals surface area contributed by atoms with Gasteiger partial charge in [-0.3, -0.25) is 9.59 Å². The lowest BCUT2D eigenvalue weighted by atomic mass is 9.89. The predicted molar refractivity (Wildman–Crippen MR) is 67.3 cm³/mol. The molecule has 1 saturated heterocycles. The van der Waals surface area contributed by atoms with Crippen molar-refractivity contribution in [1.82, 2.24) is 10.2 Å². The number of amides is 4. The number of hydrogen-bond donors (Lipinski definition) is 4. The van der Waals surface area contributed by atoms with Gasteiger partial charge >= 0.3 is 12.0 Å². The highest BCUT2D eigenvalue weighted by molar-refractivity contribution is 5.88. The first-order valence-corrected chi connectivity index (χ1v) is 6.02. The average molecular weight is 286 g/mol. The number of carbonyl (C=O) groups excluding carboxylic acids is 3. The van der Waals surface area contributed by atoms with Crippen molar-refractivity contribution in [1.29, 1.82) is 0 Å². The fourth-order valence-corrected chi connectivity index (χ4v) is 1.98. The van der Waals surface area contributed by atoms with Gasteiger partial charge in [-0.2, -0.15) is 0 Å². The van der Waals surface area contributed by atoms with Crippen LogP contribution in [0.25, 0.3) is 0 Å². The van der Waals surface area contributed by atoms with Gasteiger partial charge in [0.15, 0.2) is 0 Å². The van der Waals surface area contributed by atoms with Gasteiger partial charge in [-0.05, 0) is 13.3 Å². The number of nitrogens with one attached hydrogen (secondary N) is 1. The van der Waals surface area contributed by atoms with Crippen molar-refractivity contribution in [2.75, 3.05) is 13.1 Å². The van der Waals surface area contributed by atoms with Crippen LogP contribution in [-0.4, -0.2) is 53.0 Å². The molecule has 0 saturated carbocycles. The molecule has 9 nitrogen and oxygen atoms in total. The Bertz CT molecular complexity index is 452. The molecule has 0 aromatic heterocycles. The number of primary amides is 2. The highest BCUT2D eigenvalue weighted by Gasteiger charge is 2.41. The Kier molecular flexibility index (Phi) is 4.53. The van der Waals surface area contributed by atoms with Gasteiger partial charge in [0, 0.05) is 13.1 Å².